The van der Waals surface area contributed by atoms with Gasteiger partial charge in [-0.1, -0.05) is 0 Å². The molecule has 0 bridgehead atoms. The Morgan fingerprint density at radius 3 is 2.82 bits per heavy atom. The lowest BCUT2D eigenvalue weighted by Gasteiger charge is -2.22. The van der Waals surface area contributed by atoms with E-state index < -0.39 is 12.1 Å². The lowest BCUT2D eigenvalue weighted by Crippen LogP contribution is -2.20. The predicted octanol–water partition coefficient (Wildman–Crippen LogP) is 0.370. The zero-order valence-corrected chi connectivity index (χ0v) is 9.17. The number of aliphatic hydroxyl groups excluding tert-OH is 1. The highest BCUT2D eigenvalue weighted by Gasteiger charge is 2.27. The van der Waals surface area contributed by atoms with Crippen molar-refractivity contribution >= 4 is 5.97 Å². The van der Waals surface area contributed by atoms with E-state index in [4.69, 9.17) is 9.47 Å². The Hall–Kier alpha value is -1.95. The number of esters is 1. The second-order valence-corrected chi connectivity index (χ2v) is 3.48. The molecule has 0 radical (unpaired) electrons. The van der Waals surface area contributed by atoms with Gasteiger partial charge in [-0.3, -0.25) is 0 Å². The molecule has 1 atom stereocenters. The molecule has 0 fully saturated rings. The van der Waals surface area contributed by atoms with Gasteiger partial charge in [0.1, 0.15) is 19.0 Å². The van der Waals surface area contributed by atoms with Gasteiger partial charge in [-0.05, 0) is 6.07 Å². The van der Waals surface area contributed by atoms with Crippen molar-refractivity contribution in [1.29, 1.82) is 0 Å². The normalized spacial score (nSPS) is 15.2. The van der Waals surface area contributed by atoms with E-state index in [2.05, 4.69) is 4.74 Å². The van der Waals surface area contributed by atoms with Crippen LogP contribution < -0.4 is 9.47 Å². The number of aliphatic hydroxyl groups is 1. The summed E-state index contributed by atoms with van der Waals surface area (Å²) in [7, 11) is 1.16. The van der Waals surface area contributed by atoms with Crippen LogP contribution in [0.2, 0.25) is 0 Å². The number of hydrogen-bond donors (Lipinski definition) is 2. The van der Waals surface area contributed by atoms with Crippen molar-refractivity contribution in [2.75, 3.05) is 20.3 Å². The summed E-state index contributed by atoms with van der Waals surface area (Å²) in [6.45, 7) is 0.670. The number of hydrogen-bond acceptors (Lipinski definition) is 6. The van der Waals surface area contributed by atoms with Gasteiger partial charge in [0.2, 0.25) is 0 Å². The number of benzene rings is 1. The molecule has 2 rings (SSSR count). The van der Waals surface area contributed by atoms with E-state index in [-0.39, 0.29) is 17.1 Å². The van der Waals surface area contributed by atoms with Crippen molar-refractivity contribution in [2.45, 2.75) is 6.10 Å². The van der Waals surface area contributed by atoms with Gasteiger partial charge < -0.3 is 24.4 Å². The van der Waals surface area contributed by atoms with E-state index in [1.807, 2.05) is 0 Å². The molecule has 1 aliphatic heterocycles. The number of ether oxygens (including phenoxy) is 3. The second-order valence-electron chi connectivity index (χ2n) is 3.48. The molecule has 0 aromatic heterocycles. The largest absolute Gasteiger partial charge is 0.508 e. The van der Waals surface area contributed by atoms with Gasteiger partial charge in [0.15, 0.2) is 17.6 Å². The quantitative estimate of drug-likeness (QED) is 0.726. The van der Waals surface area contributed by atoms with Gasteiger partial charge in [-0.15, -0.1) is 0 Å². The third-order valence-electron chi connectivity index (χ3n) is 2.37. The van der Waals surface area contributed by atoms with Crippen molar-refractivity contribution in [3.05, 3.63) is 17.7 Å². The SMILES string of the molecule is COC(=O)C(O)c1cc(O)cc2c1OCCO2. The molecule has 0 spiro atoms. The average molecular weight is 240 g/mol. The molecule has 1 aromatic rings. The van der Waals surface area contributed by atoms with Crippen LogP contribution in [0.3, 0.4) is 0 Å². The summed E-state index contributed by atoms with van der Waals surface area (Å²) in [6.07, 6.45) is -1.51. The van der Waals surface area contributed by atoms with Crippen LogP contribution in [-0.2, 0) is 9.53 Å². The van der Waals surface area contributed by atoms with Crippen LogP contribution in [0, 0.1) is 0 Å². The topological polar surface area (TPSA) is 85.2 Å². The zero-order chi connectivity index (χ0) is 12.4. The number of carbonyl (C=O) groups is 1. The molecule has 0 aliphatic carbocycles. The van der Waals surface area contributed by atoms with E-state index in [9.17, 15) is 15.0 Å². The first kappa shape index (κ1) is 11.5. The number of phenols is 1. The lowest BCUT2D eigenvalue weighted by molar-refractivity contribution is -0.150. The first-order chi connectivity index (χ1) is 8.13. The minimum atomic E-state index is -1.51. The molecule has 6 heteroatoms. The molecule has 1 unspecified atom stereocenters. The molecule has 0 amide bonds. The van der Waals surface area contributed by atoms with Crippen molar-refractivity contribution in [3.63, 3.8) is 0 Å². The maximum Gasteiger partial charge on any atom is 0.339 e. The Kier molecular flexibility index (Phi) is 3.06. The highest BCUT2D eigenvalue weighted by atomic mass is 16.6. The van der Waals surface area contributed by atoms with E-state index in [1.165, 1.54) is 12.1 Å². The van der Waals surface area contributed by atoms with Gasteiger partial charge >= 0.3 is 5.97 Å². The molecule has 1 aromatic carbocycles. The fourth-order valence-corrected chi connectivity index (χ4v) is 1.61. The van der Waals surface area contributed by atoms with Gasteiger partial charge in [-0.25, -0.2) is 4.79 Å². The third kappa shape index (κ3) is 2.12. The van der Waals surface area contributed by atoms with E-state index >= 15 is 0 Å². The lowest BCUT2D eigenvalue weighted by atomic mass is 10.1. The highest BCUT2D eigenvalue weighted by molar-refractivity contribution is 5.78. The Labute approximate surface area is 97.3 Å². The van der Waals surface area contributed by atoms with E-state index in [0.29, 0.717) is 19.0 Å². The molecule has 0 saturated heterocycles. The number of phenolic OH excluding ortho intramolecular Hbond substituents is 1. The molecule has 17 heavy (non-hydrogen) atoms. The Morgan fingerprint density at radius 2 is 2.12 bits per heavy atom. The number of methoxy groups -OCH3 is 1. The Bertz CT molecular complexity index is 442. The minimum absolute atomic E-state index is 0.118. The maximum atomic E-state index is 11.3. The Morgan fingerprint density at radius 1 is 1.41 bits per heavy atom. The van der Waals surface area contributed by atoms with Crippen LogP contribution in [0.15, 0.2) is 12.1 Å². The summed E-state index contributed by atoms with van der Waals surface area (Å²) in [5.41, 5.74) is 0.131. The van der Waals surface area contributed by atoms with Crippen LogP contribution in [-0.4, -0.2) is 36.5 Å². The number of aromatic hydroxyl groups is 1. The average Bonchev–Trinajstić information content (AvgIpc) is 2.35. The number of fused-ring (bicyclic) bond motifs is 1. The van der Waals surface area contributed by atoms with Crippen molar-refractivity contribution in [2.24, 2.45) is 0 Å². The van der Waals surface area contributed by atoms with Gasteiger partial charge in [-0.2, -0.15) is 0 Å². The van der Waals surface area contributed by atoms with Crippen LogP contribution >= 0.6 is 0 Å². The predicted molar refractivity (Wildman–Crippen MR) is 56.1 cm³/mol. The summed E-state index contributed by atoms with van der Waals surface area (Å²) in [6, 6.07) is 2.61. The number of rotatable bonds is 2. The molecule has 1 heterocycles. The standard InChI is InChI=1S/C11H12O6/c1-15-11(14)9(13)7-4-6(12)5-8-10(7)17-3-2-16-8/h4-5,9,12-13H,2-3H2,1H3. The molecule has 0 saturated carbocycles. The summed E-state index contributed by atoms with van der Waals surface area (Å²) in [5.74, 6) is -0.389. The zero-order valence-electron chi connectivity index (χ0n) is 9.17. The minimum Gasteiger partial charge on any atom is -0.508 e. The monoisotopic (exact) mass is 240 g/mol. The Balaban J connectivity index is 2.45. The molecular formula is C11H12O6. The molecule has 2 N–H and O–H groups in total. The first-order valence-electron chi connectivity index (χ1n) is 5.02. The smallest absolute Gasteiger partial charge is 0.339 e. The third-order valence-corrected chi connectivity index (χ3v) is 2.37. The van der Waals surface area contributed by atoms with Crippen LogP contribution in [0.5, 0.6) is 17.2 Å². The van der Waals surface area contributed by atoms with Crippen molar-refractivity contribution in [3.8, 4) is 17.2 Å². The van der Waals surface area contributed by atoms with Gasteiger partial charge in [0, 0.05) is 11.6 Å². The summed E-state index contributed by atoms with van der Waals surface area (Å²) < 4.78 is 15.0. The van der Waals surface area contributed by atoms with Crippen LogP contribution in [0.4, 0.5) is 0 Å². The fraction of sp³-hybridized carbons (Fsp3) is 0.364. The summed E-state index contributed by atoms with van der Waals surface area (Å²) in [4.78, 5) is 11.3. The van der Waals surface area contributed by atoms with Gasteiger partial charge in [0.05, 0.1) is 7.11 Å². The van der Waals surface area contributed by atoms with Gasteiger partial charge in [0.25, 0.3) is 0 Å². The second kappa shape index (κ2) is 4.50. The highest BCUT2D eigenvalue weighted by Crippen LogP contribution is 2.40. The molecular weight excluding hydrogens is 228 g/mol. The summed E-state index contributed by atoms with van der Waals surface area (Å²) in [5, 5.41) is 19.2. The van der Waals surface area contributed by atoms with Crippen molar-refractivity contribution in [1.82, 2.24) is 0 Å². The molecule has 6 nitrogen and oxygen atoms in total. The maximum absolute atomic E-state index is 11.3. The fourth-order valence-electron chi connectivity index (χ4n) is 1.61. The first-order valence-corrected chi connectivity index (χ1v) is 5.02. The van der Waals surface area contributed by atoms with E-state index in [0.717, 1.165) is 7.11 Å². The van der Waals surface area contributed by atoms with Crippen LogP contribution in [0.25, 0.3) is 0 Å². The van der Waals surface area contributed by atoms with Crippen molar-refractivity contribution < 1.29 is 29.2 Å². The number of carbonyl (C=O) groups excluding carboxylic acids is 1. The summed E-state index contributed by atoms with van der Waals surface area (Å²) >= 11 is 0. The van der Waals surface area contributed by atoms with E-state index in [1.54, 1.807) is 0 Å². The molecule has 1 aliphatic rings. The van der Waals surface area contributed by atoms with Crippen LogP contribution in [0.1, 0.15) is 11.7 Å². The molecule has 92 valence electrons.